The molecule has 1 atom stereocenters. The molecule has 2 amide bonds. The molecule has 2 aliphatic heterocycles. The van der Waals surface area contributed by atoms with Gasteiger partial charge >= 0.3 is 6.09 Å². The summed E-state index contributed by atoms with van der Waals surface area (Å²) in [6.45, 7) is 6.83. The van der Waals surface area contributed by atoms with E-state index in [4.69, 9.17) is 4.74 Å². The van der Waals surface area contributed by atoms with Crippen LogP contribution >= 0.6 is 0 Å². The van der Waals surface area contributed by atoms with Gasteiger partial charge in [0.2, 0.25) is 5.91 Å². The van der Waals surface area contributed by atoms with Gasteiger partial charge in [0.05, 0.1) is 12.0 Å². The molecule has 0 aromatic carbocycles. The molecule has 0 aromatic heterocycles. The van der Waals surface area contributed by atoms with Crippen molar-refractivity contribution in [3.8, 4) is 0 Å². The van der Waals surface area contributed by atoms with Crippen LogP contribution in [-0.2, 0) is 14.3 Å². The predicted octanol–water partition coefficient (Wildman–Crippen LogP) is 0.374. The van der Waals surface area contributed by atoms with Crippen LogP contribution in [0.4, 0.5) is 4.79 Å². The molecular weight excluding hydrogens is 300 g/mol. The van der Waals surface area contributed by atoms with E-state index in [-0.39, 0.29) is 17.9 Å². The van der Waals surface area contributed by atoms with Crippen molar-refractivity contribution in [2.24, 2.45) is 5.92 Å². The number of ether oxygens (including phenoxy) is 1. The Balaban J connectivity index is 1.88. The summed E-state index contributed by atoms with van der Waals surface area (Å²) in [6.07, 6.45) is 1.87. The lowest BCUT2D eigenvalue weighted by atomic mass is 9.95. The topological polar surface area (TPSA) is 90.0 Å². The molecule has 2 saturated heterocycles. The Kier molecular flexibility index (Phi) is 5.16. The summed E-state index contributed by atoms with van der Waals surface area (Å²) in [5.74, 6) is -1.53. The number of carbonyl (C=O) groups is 3. The van der Waals surface area contributed by atoms with E-state index < -0.39 is 17.6 Å². The minimum absolute atomic E-state index is 0.125. The Labute approximate surface area is 136 Å². The summed E-state index contributed by atoms with van der Waals surface area (Å²) in [6, 6.07) is -0.800. The van der Waals surface area contributed by atoms with Gasteiger partial charge in [-0.05, 0) is 46.5 Å². The van der Waals surface area contributed by atoms with E-state index in [2.05, 4.69) is 0 Å². The standard InChI is InChI=1S/C16H26N2O5/c1-16(2,3)23-15(22)17-9-6-11(7-10-17)13(19)18-8-4-5-12(18)14(20)21/h11-12H,4-10H2,1-3H3,(H,20,21)/p-1/t12-/m0/s1. The molecule has 0 aliphatic carbocycles. The lowest BCUT2D eigenvalue weighted by molar-refractivity contribution is -0.310. The fourth-order valence-electron chi connectivity index (χ4n) is 3.15. The number of carbonyl (C=O) groups excluding carboxylic acids is 3. The van der Waals surface area contributed by atoms with Crippen molar-refractivity contribution < 1.29 is 24.2 Å². The zero-order chi connectivity index (χ0) is 17.2. The Morgan fingerprint density at radius 1 is 1.04 bits per heavy atom. The first-order valence-electron chi connectivity index (χ1n) is 8.18. The molecule has 0 radical (unpaired) electrons. The number of aliphatic carboxylic acids is 1. The first-order chi connectivity index (χ1) is 10.7. The molecule has 0 spiro atoms. The minimum Gasteiger partial charge on any atom is -0.548 e. The van der Waals surface area contributed by atoms with Crippen molar-refractivity contribution >= 4 is 18.0 Å². The van der Waals surface area contributed by atoms with E-state index in [9.17, 15) is 19.5 Å². The first-order valence-corrected chi connectivity index (χ1v) is 8.18. The van der Waals surface area contributed by atoms with Gasteiger partial charge in [0.15, 0.2) is 0 Å². The second-order valence-corrected chi connectivity index (χ2v) is 7.25. The highest BCUT2D eigenvalue weighted by atomic mass is 16.6. The molecule has 130 valence electrons. The van der Waals surface area contributed by atoms with Gasteiger partial charge in [-0.25, -0.2) is 4.79 Å². The molecule has 0 saturated carbocycles. The quantitative estimate of drug-likeness (QED) is 0.732. The monoisotopic (exact) mass is 325 g/mol. The fourth-order valence-corrected chi connectivity index (χ4v) is 3.15. The van der Waals surface area contributed by atoms with Crippen LogP contribution in [0, 0.1) is 5.92 Å². The number of hydrogen-bond donors (Lipinski definition) is 0. The van der Waals surface area contributed by atoms with Crippen molar-refractivity contribution in [2.45, 2.75) is 58.1 Å². The molecule has 2 fully saturated rings. The zero-order valence-electron chi connectivity index (χ0n) is 14.0. The summed E-state index contributed by atoms with van der Waals surface area (Å²) in [5.41, 5.74) is -0.541. The van der Waals surface area contributed by atoms with Crippen molar-refractivity contribution in [1.82, 2.24) is 9.80 Å². The average Bonchev–Trinajstić information content (AvgIpc) is 2.94. The van der Waals surface area contributed by atoms with Gasteiger partial charge in [-0.1, -0.05) is 0 Å². The summed E-state index contributed by atoms with van der Waals surface area (Å²) in [7, 11) is 0. The molecule has 2 heterocycles. The lowest BCUT2D eigenvalue weighted by Crippen LogP contribution is -2.51. The number of nitrogens with zero attached hydrogens (tertiary/aromatic N) is 2. The smallest absolute Gasteiger partial charge is 0.410 e. The normalized spacial score (nSPS) is 23.0. The van der Waals surface area contributed by atoms with Gasteiger partial charge in [0.1, 0.15) is 5.60 Å². The van der Waals surface area contributed by atoms with Gasteiger partial charge < -0.3 is 24.4 Å². The molecule has 0 aromatic rings. The van der Waals surface area contributed by atoms with Crippen LogP contribution in [0.5, 0.6) is 0 Å². The van der Waals surface area contributed by atoms with E-state index in [1.165, 1.54) is 4.90 Å². The van der Waals surface area contributed by atoms with E-state index >= 15 is 0 Å². The molecule has 2 rings (SSSR count). The van der Waals surface area contributed by atoms with Crippen LogP contribution in [0.25, 0.3) is 0 Å². The summed E-state index contributed by atoms with van der Waals surface area (Å²) < 4.78 is 5.33. The summed E-state index contributed by atoms with van der Waals surface area (Å²) in [5, 5.41) is 11.1. The van der Waals surface area contributed by atoms with Crippen molar-refractivity contribution in [3.05, 3.63) is 0 Å². The van der Waals surface area contributed by atoms with Gasteiger partial charge in [-0.3, -0.25) is 4.79 Å². The summed E-state index contributed by atoms with van der Waals surface area (Å²) in [4.78, 5) is 38.7. The van der Waals surface area contributed by atoms with Gasteiger partial charge in [0.25, 0.3) is 0 Å². The number of rotatable bonds is 2. The van der Waals surface area contributed by atoms with Crippen molar-refractivity contribution in [2.75, 3.05) is 19.6 Å². The maximum atomic E-state index is 12.5. The fraction of sp³-hybridized carbons (Fsp3) is 0.812. The second-order valence-electron chi connectivity index (χ2n) is 7.25. The Hall–Kier alpha value is -1.79. The number of hydrogen-bond acceptors (Lipinski definition) is 5. The maximum Gasteiger partial charge on any atom is 0.410 e. The minimum atomic E-state index is -1.18. The third-order valence-electron chi connectivity index (χ3n) is 4.30. The van der Waals surface area contributed by atoms with Gasteiger partial charge in [-0.2, -0.15) is 0 Å². The van der Waals surface area contributed by atoms with Crippen LogP contribution in [0.3, 0.4) is 0 Å². The van der Waals surface area contributed by atoms with Crippen LogP contribution in [0.15, 0.2) is 0 Å². The van der Waals surface area contributed by atoms with Crippen LogP contribution < -0.4 is 5.11 Å². The molecule has 0 bridgehead atoms. The number of amides is 2. The number of carboxylic acid groups (broad SMARTS) is 1. The highest BCUT2D eigenvalue weighted by molar-refractivity contribution is 5.85. The average molecular weight is 325 g/mol. The third kappa shape index (κ3) is 4.36. The van der Waals surface area contributed by atoms with Crippen molar-refractivity contribution in [1.29, 1.82) is 0 Å². The van der Waals surface area contributed by atoms with Crippen molar-refractivity contribution in [3.63, 3.8) is 0 Å². The maximum absolute atomic E-state index is 12.5. The SMILES string of the molecule is CC(C)(C)OC(=O)N1CCC(C(=O)N2CCC[C@H]2C(=O)[O-])CC1. The van der Waals surface area contributed by atoms with E-state index in [0.717, 1.165) is 0 Å². The molecule has 2 aliphatic rings. The van der Waals surface area contributed by atoms with Gasteiger partial charge in [-0.15, -0.1) is 0 Å². The molecule has 0 N–H and O–H groups in total. The van der Waals surface area contributed by atoms with Crippen LogP contribution in [-0.4, -0.2) is 59.0 Å². The highest BCUT2D eigenvalue weighted by Crippen LogP contribution is 2.25. The first kappa shape index (κ1) is 17.6. The number of carboxylic acids is 1. The van der Waals surface area contributed by atoms with E-state index in [1.807, 2.05) is 20.8 Å². The largest absolute Gasteiger partial charge is 0.548 e. The number of piperidine rings is 1. The van der Waals surface area contributed by atoms with Gasteiger partial charge in [0, 0.05) is 25.6 Å². The Morgan fingerprint density at radius 2 is 1.65 bits per heavy atom. The molecule has 23 heavy (non-hydrogen) atoms. The predicted molar refractivity (Wildman–Crippen MR) is 80.3 cm³/mol. The molecule has 0 unspecified atom stereocenters. The third-order valence-corrected chi connectivity index (χ3v) is 4.30. The highest BCUT2D eigenvalue weighted by Gasteiger charge is 2.36. The zero-order valence-corrected chi connectivity index (χ0v) is 14.0. The molecule has 7 nitrogen and oxygen atoms in total. The van der Waals surface area contributed by atoms with E-state index in [0.29, 0.717) is 45.3 Å². The van der Waals surface area contributed by atoms with E-state index in [1.54, 1.807) is 4.90 Å². The van der Waals surface area contributed by atoms with Crippen LogP contribution in [0.1, 0.15) is 46.5 Å². The van der Waals surface area contributed by atoms with Crippen LogP contribution in [0.2, 0.25) is 0 Å². The Morgan fingerprint density at radius 3 is 2.17 bits per heavy atom. The molecule has 7 heteroatoms. The molecular formula is C16H25N2O5-. The second kappa shape index (κ2) is 6.76. The Bertz CT molecular complexity index is 477. The number of likely N-dealkylation sites (tertiary alicyclic amines) is 2. The summed E-state index contributed by atoms with van der Waals surface area (Å²) >= 11 is 0. The lowest BCUT2D eigenvalue weighted by Gasteiger charge is -2.35.